The van der Waals surface area contributed by atoms with Crippen molar-refractivity contribution in [3.05, 3.63) is 64.8 Å². The Bertz CT molecular complexity index is 1380. The molecule has 9 nitrogen and oxygen atoms in total. The number of pyridine rings is 1. The largest absolute Gasteiger partial charge is 0.454 e. The predicted molar refractivity (Wildman–Crippen MR) is 123 cm³/mol. The molecule has 3 N–H and O–H groups in total. The van der Waals surface area contributed by atoms with E-state index < -0.39 is 24.0 Å². The molecule has 34 heavy (non-hydrogen) atoms. The lowest BCUT2D eigenvalue weighted by Crippen LogP contribution is -2.42. The molecule has 1 aliphatic carbocycles. The third-order valence-electron chi connectivity index (χ3n) is 5.78. The molecule has 0 spiro atoms. The number of nitrogens with two attached hydrogens (primary N) is 1. The molecular formula is C25H21N3O6. The van der Waals surface area contributed by atoms with Gasteiger partial charge in [0.2, 0.25) is 6.79 Å². The molecule has 1 unspecified atom stereocenters. The van der Waals surface area contributed by atoms with Crippen molar-refractivity contribution in [1.82, 2.24) is 10.3 Å². The van der Waals surface area contributed by atoms with Crippen LogP contribution < -0.4 is 20.5 Å². The van der Waals surface area contributed by atoms with Gasteiger partial charge in [-0.3, -0.25) is 10.1 Å². The Morgan fingerprint density at radius 1 is 1.12 bits per heavy atom. The molecule has 1 aliphatic heterocycles. The van der Waals surface area contributed by atoms with E-state index >= 15 is 0 Å². The Morgan fingerprint density at radius 3 is 2.74 bits per heavy atom. The lowest BCUT2D eigenvalue weighted by atomic mass is 10.0. The van der Waals surface area contributed by atoms with Crippen LogP contribution in [0.15, 0.2) is 42.5 Å². The Kier molecular flexibility index (Phi) is 5.37. The number of benzene rings is 2. The SMILES string of the molecule is CC(OC(=O)c1c2c(nc3ccccc13)C(=Cc1ccc3c(c1)OCO3)CC2)C(=O)NC(N)=O. The Labute approximate surface area is 194 Å². The number of hydrogen-bond acceptors (Lipinski definition) is 7. The van der Waals surface area contributed by atoms with Gasteiger partial charge < -0.3 is 19.9 Å². The number of allylic oxidation sites excluding steroid dienone is 1. The molecule has 5 rings (SSSR count). The van der Waals surface area contributed by atoms with Gasteiger partial charge in [0.25, 0.3) is 5.91 Å². The molecule has 2 aliphatic rings. The molecule has 0 bridgehead atoms. The van der Waals surface area contributed by atoms with Crippen LogP contribution in [0, 0.1) is 0 Å². The summed E-state index contributed by atoms with van der Waals surface area (Å²) in [7, 11) is 0. The van der Waals surface area contributed by atoms with Crippen LogP contribution in [0.5, 0.6) is 11.5 Å². The lowest BCUT2D eigenvalue weighted by Gasteiger charge is -2.15. The van der Waals surface area contributed by atoms with Gasteiger partial charge in [-0.2, -0.15) is 0 Å². The quantitative estimate of drug-likeness (QED) is 0.573. The van der Waals surface area contributed by atoms with Gasteiger partial charge in [-0.05, 0) is 60.7 Å². The van der Waals surface area contributed by atoms with Gasteiger partial charge in [0, 0.05) is 5.39 Å². The minimum absolute atomic E-state index is 0.201. The average Bonchev–Trinajstić information content (AvgIpc) is 3.43. The number of nitrogens with zero attached hydrogens (tertiary/aromatic N) is 1. The van der Waals surface area contributed by atoms with Crippen LogP contribution in [0.4, 0.5) is 4.79 Å². The van der Waals surface area contributed by atoms with Crippen molar-refractivity contribution in [3.63, 3.8) is 0 Å². The highest BCUT2D eigenvalue weighted by atomic mass is 16.7. The number of ether oxygens (including phenoxy) is 3. The number of imide groups is 1. The maximum atomic E-state index is 13.2. The van der Waals surface area contributed by atoms with Gasteiger partial charge in [-0.15, -0.1) is 0 Å². The van der Waals surface area contributed by atoms with Crippen LogP contribution in [-0.4, -0.2) is 35.8 Å². The molecule has 0 saturated heterocycles. The van der Waals surface area contributed by atoms with Crippen molar-refractivity contribution in [2.45, 2.75) is 25.9 Å². The molecule has 3 amide bonds. The van der Waals surface area contributed by atoms with Crippen molar-refractivity contribution >= 4 is 40.5 Å². The van der Waals surface area contributed by atoms with Crippen molar-refractivity contribution < 1.29 is 28.6 Å². The van der Waals surface area contributed by atoms with Gasteiger partial charge in [-0.25, -0.2) is 14.6 Å². The summed E-state index contributed by atoms with van der Waals surface area (Å²) in [5.41, 5.74) is 9.39. The smallest absolute Gasteiger partial charge is 0.339 e. The van der Waals surface area contributed by atoms with E-state index in [4.69, 9.17) is 24.9 Å². The summed E-state index contributed by atoms with van der Waals surface area (Å²) in [6.45, 7) is 1.58. The first kappa shape index (κ1) is 21.4. The van der Waals surface area contributed by atoms with Crippen molar-refractivity contribution in [2.24, 2.45) is 5.73 Å². The molecule has 0 fully saturated rings. The van der Waals surface area contributed by atoms with Crippen LogP contribution in [0.3, 0.4) is 0 Å². The third-order valence-corrected chi connectivity index (χ3v) is 5.78. The summed E-state index contributed by atoms with van der Waals surface area (Å²) < 4.78 is 16.3. The number of esters is 1. The average molecular weight is 459 g/mol. The lowest BCUT2D eigenvalue weighted by molar-refractivity contribution is -0.127. The summed E-state index contributed by atoms with van der Waals surface area (Å²) in [6.07, 6.45) is 2.10. The normalized spacial score (nSPS) is 15.7. The Morgan fingerprint density at radius 2 is 1.91 bits per heavy atom. The molecule has 1 atom stereocenters. The third kappa shape index (κ3) is 3.92. The fraction of sp³-hybridized carbons (Fsp3) is 0.200. The van der Waals surface area contributed by atoms with Crippen LogP contribution in [-0.2, 0) is 16.0 Å². The second-order valence-corrected chi connectivity index (χ2v) is 8.01. The van der Waals surface area contributed by atoms with Crippen LogP contribution in [0.25, 0.3) is 22.6 Å². The van der Waals surface area contributed by atoms with E-state index in [-0.39, 0.29) is 6.79 Å². The molecule has 1 aromatic heterocycles. The minimum Gasteiger partial charge on any atom is -0.454 e. The number of para-hydroxylation sites is 1. The number of urea groups is 1. The summed E-state index contributed by atoms with van der Waals surface area (Å²) in [4.78, 5) is 41.0. The highest BCUT2D eigenvalue weighted by Crippen LogP contribution is 2.39. The number of amides is 3. The van der Waals surface area contributed by atoms with E-state index in [0.717, 1.165) is 22.4 Å². The van der Waals surface area contributed by atoms with E-state index in [9.17, 15) is 14.4 Å². The van der Waals surface area contributed by atoms with Crippen molar-refractivity contribution in [1.29, 1.82) is 0 Å². The second kappa shape index (κ2) is 8.51. The van der Waals surface area contributed by atoms with E-state index in [1.807, 2.05) is 47.8 Å². The fourth-order valence-electron chi connectivity index (χ4n) is 4.21. The van der Waals surface area contributed by atoms with Crippen molar-refractivity contribution in [3.8, 4) is 11.5 Å². The van der Waals surface area contributed by atoms with Gasteiger partial charge in [0.15, 0.2) is 17.6 Å². The highest BCUT2D eigenvalue weighted by Gasteiger charge is 2.29. The van der Waals surface area contributed by atoms with Gasteiger partial charge >= 0.3 is 12.0 Å². The van der Waals surface area contributed by atoms with Gasteiger partial charge in [0.05, 0.1) is 16.8 Å². The number of fused-ring (bicyclic) bond motifs is 3. The molecule has 2 heterocycles. The van der Waals surface area contributed by atoms with E-state index in [0.29, 0.717) is 40.8 Å². The van der Waals surface area contributed by atoms with Crippen molar-refractivity contribution in [2.75, 3.05) is 6.79 Å². The number of aromatic nitrogens is 1. The summed E-state index contributed by atoms with van der Waals surface area (Å²) in [5, 5.41) is 2.56. The van der Waals surface area contributed by atoms with E-state index in [2.05, 4.69) is 0 Å². The number of nitrogens with one attached hydrogen (secondary N) is 1. The first-order chi connectivity index (χ1) is 16.4. The minimum atomic E-state index is -1.20. The standard InChI is InChI=1S/C25H21N3O6/c1-13(23(29)28-25(26)31)34-24(30)21-16-4-2-3-5-18(16)27-22-15(7-8-17(21)22)10-14-6-9-19-20(11-14)33-12-32-19/h2-6,9-11,13H,7-8,12H2,1H3,(H3,26,28,29,31). The van der Waals surface area contributed by atoms with Crippen LogP contribution >= 0.6 is 0 Å². The zero-order valence-corrected chi connectivity index (χ0v) is 18.3. The Balaban J connectivity index is 1.53. The fourth-order valence-corrected chi connectivity index (χ4v) is 4.21. The zero-order valence-electron chi connectivity index (χ0n) is 18.3. The van der Waals surface area contributed by atoms with Gasteiger partial charge in [-0.1, -0.05) is 24.3 Å². The number of carbonyl (C=O) groups excluding carboxylic acids is 3. The topological polar surface area (TPSA) is 130 Å². The number of hydrogen-bond donors (Lipinski definition) is 2. The molecule has 0 radical (unpaired) electrons. The molecule has 9 heteroatoms. The summed E-state index contributed by atoms with van der Waals surface area (Å²) in [6, 6.07) is 12.0. The number of carbonyl (C=O) groups is 3. The maximum Gasteiger partial charge on any atom is 0.339 e. The van der Waals surface area contributed by atoms with E-state index in [1.165, 1.54) is 6.92 Å². The first-order valence-electron chi connectivity index (χ1n) is 10.7. The maximum absolute atomic E-state index is 13.2. The summed E-state index contributed by atoms with van der Waals surface area (Å²) >= 11 is 0. The number of rotatable bonds is 4. The van der Waals surface area contributed by atoms with Gasteiger partial charge in [0.1, 0.15) is 0 Å². The molecule has 0 saturated carbocycles. The predicted octanol–water partition coefficient (Wildman–Crippen LogP) is 3.19. The second-order valence-electron chi connectivity index (χ2n) is 8.01. The highest BCUT2D eigenvalue weighted by molar-refractivity contribution is 6.08. The zero-order chi connectivity index (χ0) is 23.8. The van der Waals surface area contributed by atoms with E-state index in [1.54, 1.807) is 6.07 Å². The van der Waals surface area contributed by atoms with Crippen LogP contribution in [0.2, 0.25) is 0 Å². The molecular weight excluding hydrogens is 438 g/mol. The summed E-state index contributed by atoms with van der Waals surface area (Å²) in [5.74, 6) is -0.0605. The molecule has 172 valence electrons. The molecule has 2 aromatic carbocycles. The number of primary amides is 1. The Hall–Kier alpha value is -4.40. The first-order valence-corrected chi connectivity index (χ1v) is 10.7. The van der Waals surface area contributed by atoms with Crippen LogP contribution in [0.1, 0.15) is 40.5 Å². The molecule has 3 aromatic rings. The monoisotopic (exact) mass is 459 g/mol.